The Morgan fingerprint density at radius 3 is 2.70 bits per heavy atom. The van der Waals surface area contributed by atoms with Gasteiger partial charge in [-0.1, -0.05) is 0 Å². The fourth-order valence-electron chi connectivity index (χ4n) is 2.31. The Labute approximate surface area is 116 Å². The molecule has 20 heavy (non-hydrogen) atoms. The molecule has 1 heterocycles. The molecule has 1 aliphatic rings. The number of aromatic hydroxyl groups is 1. The van der Waals surface area contributed by atoms with Crippen molar-refractivity contribution in [1.82, 2.24) is 4.90 Å². The van der Waals surface area contributed by atoms with Crippen molar-refractivity contribution in [1.29, 1.82) is 0 Å². The highest BCUT2D eigenvalue weighted by Gasteiger charge is 2.33. The SMILES string of the molecule is CN(CC1(O)CCOCC1)C(=O)c1ccc(F)cc1O. The number of nitrogens with zero attached hydrogens (tertiary/aromatic N) is 1. The molecule has 1 aromatic rings. The number of hydrogen-bond donors (Lipinski definition) is 2. The first-order chi connectivity index (χ1) is 9.41. The number of phenols is 1. The van der Waals surface area contributed by atoms with Gasteiger partial charge in [-0.3, -0.25) is 4.79 Å². The number of carbonyl (C=O) groups is 1. The molecule has 1 fully saturated rings. The van der Waals surface area contributed by atoms with Gasteiger partial charge in [0.25, 0.3) is 5.91 Å². The summed E-state index contributed by atoms with van der Waals surface area (Å²) in [6.45, 7) is 1.06. The number of likely N-dealkylation sites (N-methyl/N-ethyl adjacent to an activating group) is 1. The Morgan fingerprint density at radius 2 is 2.10 bits per heavy atom. The van der Waals surface area contributed by atoms with E-state index in [0.29, 0.717) is 26.1 Å². The number of rotatable bonds is 3. The molecule has 110 valence electrons. The second kappa shape index (κ2) is 5.76. The zero-order valence-corrected chi connectivity index (χ0v) is 11.3. The molecule has 0 bridgehead atoms. The van der Waals surface area contributed by atoms with E-state index in [9.17, 15) is 19.4 Å². The summed E-state index contributed by atoms with van der Waals surface area (Å²) in [5.41, 5.74) is -0.956. The van der Waals surface area contributed by atoms with Crippen molar-refractivity contribution < 1.29 is 24.1 Å². The smallest absolute Gasteiger partial charge is 0.257 e. The predicted octanol–water partition coefficient (Wildman–Crippen LogP) is 1.14. The van der Waals surface area contributed by atoms with Gasteiger partial charge in [0.2, 0.25) is 0 Å². The summed E-state index contributed by atoms with van der Waals surface area (Å²) < 4.78 is 18.1. The van der Waals surface area contributed by atoms with Crippen LogP contribution in [-0.4, -0.2) is 53.4 Å². The molecule has 1 aliphatic heterocycles. The lowest BCUT2D eigenvalue weighted by molar-refractivity contribution is -0.0734. The van der Waals surface area contributed by atoms with Gasteiger partial charge in [0.1, 0.15) is 11.6 Å². The minimum Gasteiger partial charge on any atom is -0.507 e. The Balaban J connectivity index is 2.08. The van der Waals surface area contributed by atoms with Crippen molar-refractivity contribution >= 4 is 5.91 Å². The average molecular weight is 283 g/mol. The van der Waals surface area contributed by atoms with Crippen LogP contribution in [0.3, 0.4) is 0 Å². The summed E-state index contributed by atoms with van der Waals surface area (Å²) in [7, 11) is 1.54. The second-order valence-corrected chi connectivity index (χ2v) is 5.16. The van der Waals surface area contributed by atoms with Gasteiger partial charge in [-0.25, -0.2) is 4.39 Å². The fraction of sp³-hybridized carbons (Fsp3) is 0.500. The van der Waals surface area contributed by atoms with Crippen LogP contribution in [0.1, 0.15) is 23.2 Å². The molecule has 2 N–H and O–H groups in total. The molecule has 0 unspecified atom stereocenters. The van der Waals surface area contributed by atoms with Crippen LogP contribution in [-0.2, 0) is 4.74 Å². The molecule has 2 rings (SSSR count). The summed E-state index contributed by atoms with van der Waals surface area (Å²) >= 11 is 0. The predicted molar refractivity (Wildman–Crippen MR) is 70.0 cm³/mol. The number of halogens is 1. The van der Waals surface area contributed by atoms with Crippen LogP contribution < -0.4 is 0 Å². The van der Waals surface area contributed by atoms with Crippen LogP contribution in [0.25, 0.3) is 0 Å². The summed E-state index contributed by atoms with van der Waals surface area (Å²) in [4.78, 5) is 13.5. The third-order valence-electron chi connectivity index (χ3n) is 3.49. The highest BCUT2D eigenvalue weighted by atomic mass is 19.1. The molecule has 0 aromatic heterocycles. The molecule has 0 spiro atoms. The van der Waals surface area contributed by atoms with E-state index in [2.05, 4.69) is 0 Å². The Kier molecular flexibility index (Phi) is 4.25. The van der Waals surface area contributed by atoms with Gasteiger partial charge in [0.05, 0.1) is 11.2 Å². The number of amides is 1. The first-order valence-electron chi connectivity index (χ1n) is 6.45. The standard InChI is InChI=1S/C14H18FNO4/c1-16(9-14(19)4-6-20-7-5-14)13(18)11-3-2-10(15)8-12(11)17/h2-3,8,17,19H,4-7,9H2,1H3. The second-order valence-electron chi connectivity index (χ2n) is 5.16. The van der Waals surface area contributed by atoms with Crippen LogP contribution in [0.5, 0.6) is 5.75 Å². The van der Waals surface area contributed by atoms with Crippen molar-refractivity contribution in [3.05, 3.63) is 29.6 Å². The minimum absolute atomic E-state index is 0.0181. The van der Waals surface area contributed by atoms with Crippen LogP contribution in [0, 0.1) is 5.82 Å². The zero-order valence-electron chi connectivity index (χ0n) is 11.3. The number of ether oxygens (including phenoxy) is 1. The van der Waals surface area contributed by atoms with Crippen LogP contribution >= 0.6 is 0 Å². The Bertz CT molecular complexity index is 500. The fourth-order valence-corrected chi connectivity index (χ4v) is 2.31. The molecule has 1 amide bonds. The van der Waals surface area contributed by atoms with E-state index in [1.807, 2.05) is 0 Å². The van der Waals surface area contributed by atoms with Crippen molar-refractivity contribution in [2.75, 3.05) is 26.8 Å². The monoisotopic (exact) mass is 283 g/mol. The molecule has 1 saturated heterocycles. The van der Waals surface area contributed by atoms with Crippen molar-refractivity contribution in [2.24, 2.45) is 0 Å². The third kappa shape index (κ3) is 3.26. The van der Waals surface area contributed by atoms with E-state index >= 15 is 0 Å². The molecule has 5 nitrogen and oxygen atoms in total. The number of phenolic OH excluding ortho intramolecular Hbond substituents is 1. The molecule has 1 aromatic carbocycles. The van der Waals surface area contributed by atoms with E-state index in [1.165, 1.54) is 11.0 Å². The molecule has 0 radical (unpaired) electrons. The van der Waals surface area contributed by atoms with Crippen LogP contribution in [0.2, 0.25) is 0 Å². The maximum Gasteiger partial charge on any atom is 0.257 e. The topological polar surface area (TPSA) is 70.0 Å². The van der Waals surface area contributed by atoms with Crippen molar-refractivity contribution in [3.8, 4) is 5.75 Å². The van der Waals surface area contributed by atoms with E-state index < -0.39 is 23.1 Å². The zero-order chi connectivity index (χ0) is 14.8. The summed E-state index contributed by atoms with van der Waals surface area (Å²) in [5.74, 6) is -1.46. The van der Waals surface area contributed by atoms with Crippen LogP contribution in [0.4, 0.5) is 4.39 Å². The summed E-state index contributed by atoms with van der Waals surface area (Å²) in [6.07, 6.45) is 0.917. The molecule has 6 heteroatoms. The van der Waals surface area contributed by atoms with E-state index in [-0.39, 0.29) is 12.1 Å². The van der Waals surface area contributed by atoms with Crippen LogP contribution in [0.15, 0.2) is 18.2 Å². The molecular weight excluding hydrogens is 265 g/mol. The summed E-state index contributed by atoms with van der Waals surface area (Å²) in [5, 5.41) is 20.0. The van der Waals surface area contributed by atoms with Gasteiger partial charge < -0.3 is 19.8 Å². The average Bonchev–Trinajstić information content (AvgIpc) is 2.38. The van der Waals surface area contributed by atoms with E-state index in [1.54, 1.807) is 7.05 Å². The van der Waals surface area contributed by atoms with Gasteiger partial charge in [0, 0.05) is 45.7 Å². The van der Waals surface area contributed by atoms with Gasteiger partial charge in [-0.15, -0.1) is 0 Å². The highest BCUT2D eigenvalue weighted by molar-refractivity contribution is 5.96. The molecule has 0 saturated carbocycles. The Morgan fingerprint density at radius 1 is 1.45 bits per heavy atom. The normalized spacial score (nSPS) is 17.8. The lowest BCUT2D eigenvalue weighted by atomic mass is 9.93. The first-order valence-corrected chi connectivity index (χ1v) is 6.45. The van der Waals surface area contributed by atoms with E-state index in [4.69, 9.17) is 4.74 Å². The Hall–Kier alpha value is -1.66. The molecule has 0 aliphatic carbocycles. The van der Waals surface area contributed by atoms with Gasteiger partial charge in [-0.05, 0) is 12.1 Å². The maximum absolute atomic E-state index is 12.9. The first kappa shape index (κ1) is 14.7. The minimum atomic E-state index is -0.974. The molecule has 0 atom stereocenters. The lowest BCUT2D eigenvalue weighted by Gasteiger charge is -2.35. The largest absolute Gasteiger partial charge is 0.507 e. The summed E-state index contributed by atoms with van der Waals surface area (Å²) in [6, 6.07) is 3.24. The van der Waals surface area contributed by atoms with Gasteiger partial charge >= 0.3 is 0 Å². The van der Waals surface area contributed by atoms with Gasteiger partial charge in [0.15, 0.2) is 0 Å². The number of hydrogen-bond acceptors (Lipinski definition) is 4. The maximum atomic E-state index is 12.9. The number of aliphatic hydroxyl groups is 1. The van der Waals surface area contributed by atoms with Gasteiger partial charge in [-0.2, -0.15) is 0 Å². The lowest BCUT2D eigenvalue weighted by Crippen LogP contribution is -2.47. The van der Waals surface area contributed by atoms with E-state index in [0.717, 1.165) is 12.1 Å². The number of benzene rings is 1. The third-order valence-corrected chi connectivity index (χ3v) is 3.49. The van der Waals surface area contributed by atoms with Crippen molar-refractivity contribution in [2.45, 2.75) is 18.4 Å². The number of carbonyl (C=O) groups excluding carboxylic acids is 1. The quantitative estimate of drug-likeness (QED) is 0.873. The highest BCUT2D eigenvalue weighted by Crippen LogP contribution is 2.24. The van der Waals surface area contributed by atoms with Crippen molar-refractivity contribution in [3.63, 3.8) is 0 Å². The molecular formula is C14H18FNO4.